The number of nitro benzene ring substituents is 1. The summed E-state index contributed by atoms with van der Waals surface area (Å²) in [4.78, 5) is 35.5. The van der Waals surface area contributed by atoms with Crippen molar-refractivity contribution in [1.82, 2.24) is 5.32 Å². The molecule has 0 radical (unpaired) electrons. The van der Waals surface area contributed by atoms with Gasteiger partial charge in [-0.15, -0.1) is 0 Å². The number of hydrogen-bond acceptors (Lipinski definition) is 4. The van der Waals surface area contributed by atoms with Crippen molar-refractivity contribution in [3.63, 3.8) is 0 Å². The normalized spacial score (nSPS) is 12.0. The lowest BCUT2D eigenvalue weighted by molar-refractivity contribution is -0.384. The van der Waals surface area contributed by atoms with Gasteiger partial charge in [0, 0.05) is 23.4 Å². The minimum Gasteiger partial charge on any atom is -0.341 e. The molecular formula is C22H27N3O4. The van der Waals surface area contributed by atoms with Crippen molar-refractivity contribution in [3.8, 4) is 0 Å². The quantitative estimate of drug-likeness (QED) is 0.526. The lowest BCUT2D eigenvalue weighted by Gasteiger charge is -2.22. The summed E-state index contributed by atoms with van der Waals surface area (Å²) in [5.74, 6) is -0.450. The van der Waals surface area contributed by atoms with Crippen LogP contribution in [0.4, 0.5) is 11.4 Å². The third-order valence-corrected chi connectivity index (χ3v) is 4.68. The van der Waals surface area contributed by atoms with Gasteiger partial charge in [-0.25, -0.2) is 0 Å². The van der Waals surface area contributed by atoms with Gasteiger partial charge in [-0.3, -0.25) is 19.7 Å². The van der Waals surface area contributed by atoms with E-state index in [1.54, 1.807) is 6.92 Å². The predicted molar refractivity (Wildman–Crippen MR) is 113 cm³/mol. The molecule has 0 aromatic heterocycles. The van der Waals surface area contributed by atoms with Crippen LogP contribution in [0.2, 0.25) is 0 Å². The molecule has 0 saturated carbocycles. The third-order valence-electron chi connectivity index (χ3n) is 4.68. The molecule has 0 saturated heterocycles. The van der Waals surface area contributed by atoms with E-state index < -0.39 is 16.9 Å². The molecule has 7 nitrogen and oxygen atoms in total. The van der Waals surface area contributed by atoms with Crippen molar-refractivity contribution in [1.29, 1.82) is 0 Å². The topological polar surface area (TPSA) is 101 Å². The second kappa shape index (κ2) is 9.32. The Labute approximate surface area is 170 Å². The van der Waals surface area contributed by atoms with Gasteiger partial charge in [0.1, 0.15) is 6.04 Å². The fourth-order valence-electron chi connectivity index (χ4n) is 3.03. The molecule has 2 rings (SSSR count). The zero-order valence-electron chi connectivity index (χ0n) is 17.4. The molecule has 2 aromatic carbocycles. The molecule has 7 heteroatoms. The number of nitrogens with one attached hydrogen (secondary N) is 2. The highest BCUT2D eigenvalue weighted by molar-refractivity contribution is 6.01. The number of anilines is 1. The molecule has 0 bridgehead atoms. The minimum atomic E-state index is -0.818. The lowest BCUT2D eigenvalue weighted by Crippen LogP contribution is -2.41. The standard InChI is InChI=1S/C22H27N3O4/c1-13(2)18-10-7-11-19(14(3)4)20(18)24-21(26)15(5)23-22(27)16-8-6-9-17(12-16)25(28)29/h6-15H,1-5H3,(H,23,27)(H,24,26)/t15-/m0/s1. The Hall–Kier alpha value is -3.22. The molecule has 29 heavy (non-hydrogen) atoms. The number of rotatable bonds is 7. The predicted octanol–water partition coefficient (Wildman–Crippen LogP) is 4.60. The van der Waals surface area contributed by atoms with Gasteiger partial charge in [0.25, 0.3) is 11.6 Å². The van der Waals surface area contributed by atoms with E-state index in [1.807, 2.05) is 18.2 Å². The average molecular weight is 397 g/mol. The van der Waals surface area contributed by atoms with Gasteiger partial charge in [0.05, 0.1) is 4.92 Å². The smallest absolute Gasteiger partial charge is 0.270 e. The van der Waals surface area contributed by atoms with Gasteiger partial charge in [0.15, 0.2) is 0 Å². The summed E-state index contributed by atoms with van der Waals surface area (Å²) >= 11 is 0. The van der Waals surface area contributed by atoms with Gasteiger partial charge in [-0.05, 0) is 36.0 Å². The van der Waals surface area contributed by atoms with E-state index in [2.05, 4.69) is 38.3 Å². The monoisotopic (exact) mass is 397 g/mol. The largest absolute Gasteiger partial charge is 0.341 e. The summed E-state index contributed by atoms with van der Waals surface area (Å²) in [6.45, 7) is 9.81. The summed E-state index contributed by atoms with van der Waals surface area (Å²) in [6, 6.07) is 10.5. The lowest BCUT2D eigenvalue weighted by atomic mass is 9.92. The number of non-ortho nitro benzene ring substituents is 1. The van der Waals surface area contributed by atoms with E-state index in [9.17, 15) is 19.7 Å². The fraction of sp³-hybridized carbons (Fsp3) is 0.364. The van der Waals surface area contributed by atoms with Crippen LogP contribution in [0.3, 0.4) is 0 Å². The van der Waals surface area contributed by atoms with Crippen LogP contribution in [0.25, 0.3) is 0 Å². The first kappa shape index (κ1) is 22.1. The first-order valence-corrected chi connectivity index (χ1v) is 9.60. The second-order valence-electron chi connectivity index (χ2n) is 7.61. The Balaban J connectivity index is 2.19. The number of carbonyl (C=O) groups excluding carboxylic acids is 2. The molecule has 0 aliphatic carbocycles. The molecule has 0 spiro atoms. The van der Waals surface area contributed by atoms with E-state index in [0.29, 0.717) is 0 Å². The number of hydrogen-bond donors (Lipinski definition) is 2. The number of benzene rings is 2. The van der Waals surface area contributed by atoms with Crippen molar-refractivity contribution in [2.24, 2.45) is 0 Å². The molecule has 0 unspecified atom stereocenters. The summed E-state index contributed by atoms with van der Waals surface area (Å²) in [5, 5.41) is 16.5. The molecule has 2 aromatic rings. The van der Waals surface area contributed by atoms with Crippen LogP contribution < -0.4 is 10.6 Å². The molecule has 0 heterocycles. The highest BCUT2D eigenvalue weighted by Gasteiger charge is 2.21. The first-order chi connectivity index (χ1) is 13.6. The number of nitro groups is 1. The number of amides is 2. The van der Waals surface area contributed by atoms with Crippen molar-refractivity contribution >= 4 is 23.2 Å². The van der Waals surface area contributed by atoms with E-state index >= 15 is 0 Å². The Morgan fingerprint density at radius 3 is 2.00 bits per heavy atom. The van der Waals surface area contributed by atoms with Gasteiger partial charge in [-0.2, -0.15) is 0 Å². The maximum Gasteiger partial charge on any atom is 0.270 e. The molecule has 154 valence electrons. The first-order valence-electron chi connectivity index (χ1n) is 9.60. The summed E-state index contributed by atoms with van der Waals surface area (Å²) in [5.41, 5.74) is 2.79. The summed E-state index contributed by atoms with van der Waals surface area (Å²) in [6.07, 6.45) is 0. The van der Waals surface area contributed by atoms with Gasteiger partial charge < -0.3 is 10.6 Å². The average Bonchev–Trinajstić information content (AvgIpc) is 2.67. The molecule has 0 aliphatic rings. The van der Waals surface area contributed by atoms with E-state index in [4.69, 9.17) is 0 Å². The maximum atomic E-state index is 12.8. The number of carbonyl (C=O) groups is 2. The van der Waals surface area contributed by atoms with E-state index in [-0.39, 0.29) is 29.0 Å². The van der Waals surface area contributed by atoms with Crippen LogP contribution in [0.1, 0.15) is 67.9 Å². The van der Waals surface area contributed by atoms with Crippen LogP contribution in [0, 0.1) is 10.1 Å². The zero-order chi connectivity index (χ0) is 21.7. The third kappa shape index (κ3) is 5.40. The van der Waals surface area contributed by atoms with E-state index in [0.717, 1.165) is 16.8 Å². The van der Waals surface area contributed by atoms with Gasteiger partial charge in [-0.1, -0.05) is 52.0 Å². The van der Waals surface area contributed by atoms with Crippen molar-refractivity contribution in [2.45, 2.75) is 52.5 Å². The zero-order valence-corrected chi connectivity index (χ0v) is 17.4. The van der Waals surface area contributed by atoms with Crippen molar-refractivity contribution < 1.29 is 14.5 Å². The van der Waals surface area contributed by atoms with Crippen molar-refractivity contribution in [2.75, 3.05) is 5.32 Å². The molecular weight excluding hydrogens is 370 g/mol. The van der Waals surface area contributed by atoms with Crippen LogP contribution in [-0.2, 0) is 4.79 Å². The van der Waals surface area contributed by atoms with Crippen LogP contribution in [0.5, 0.6) is 0 Å². The molecule has 2 N–H and O–H groups in total. The Morgan fingerprint density at radius 2 is 1.48 bits per heavy atom. The highest BCUT2D eigenvalue weighted by Crippen LogP contribution is 2.32. The highest BCUT2D eigenvalue weighted by atomic mass is 16.6. The number of nitrogens with zero attached hydrogens (tertiary/aromatic N) is 1. The molecule has 2 amide bonds. The van der Waals surface area contributed by atoms with Crippen LogP contribution in [0.15, 0.2) is 42.5 Å². The summed E-state index contributed by atoms with van der Waals surface area (Å²) in [7, 11) is 0. The molecule has 0 fully saturated rings. The molecule has 1 atom stereocenters. The minimum absolute atomic E-state index is 0.129. The van der Waals surface area contributed by atoms with Crippen LogP contribution in [-0.4, -0.2) is 22.8 Å². The Kier molecular flexibility index (Phi) is 7.09. The summed E-state index contributed by atoms with van der Waals surface area (Å²) < 4.78 is 0. The second-order valence-corrected chi connectivity index (χ2v) is 7.61. The van der Waals surface area contributed by atoms with E-state index in [1.165, 1.54) is 24.3 Å². The van der Waals surface area contributed by atoms with Crippen molar-refractivity contribution in [3.05, 3.63) is 69.3 Å². The maximum absolute atomic E-state index is 12.8. The van der Waals surface area contributed by atoms with Gasteiger partial charge >= 0.3 is 0 Å². The SMILES string of the molecule is CC(C)c1cccc(C(C)C)c1NC(=O)[C@H](C)NC(=O)c1cccc([N+](=O)[O-])c1. The molecule has 0 aliphatic heterocycles. The fourth-order valence-corrected chi connectivity index (χ4v) is 3.03. The van der Waals surface area contributed by atoms with Gasteiger partial charge in [0.2, 0.25) is 5.91 Å². The Bertz CT molecular complexity index is 896. The van der Waals surface area contributed by atoms with Crippen LogP contribution >= 0.6 is 0 Å². The number of para-hydroxylation sites is 1. The Morgan fingerprint density at radius 1 is 0.931 bits per heavy atom.